The maximum Gasteiger partial charge on any atom is 0.305 e. The van der Waals surface area contributed by atoms with Crippen LogP contribution in [0.5, 0.6) is 5.75 Å². The van der Waals surface area contributed by atoms with Gasteiger partial charge in [-0.2, -0.15) is 0 Å². The first-order valence-corrected chi connectivity index (χ1v) is 19.7. The molecule has 1 aromatic carbocycles. The number of aromatic hydroxyl groups is 1. The number of fused-ring (bicyclic) bond motifs is 1. The van der Waals surface area contributed by atoms with E-state index in [1.807, 2.05) is 0 Å². The summed E-state index contributed by atoms with van der Waals surface area (Å²) in [5, 5.41) is 43.4. The van der Waals surface area contributed by atoms with E-state index < -0.39 is 114 Å². The topological polar surface area (TPSA) is 264 Å². The van der Waals surface area contributed by atoms with Crippen LogP contribution in [0.2, 0.25) is 0 Å². The van der Waals surface area contributed by atoms with Gasteiger partial charge in [0, 0.05) is 31.3 Å². The standard InChI is InChI=1S/C40H61N7O11/c1-21(2)16-25-18-27(50)20-46(8)39(58)29(17-24-11-13-26(49)14-12-24)43-36(55)30-10-9-15-47(30)33(38(57)45-40(5,6)7)22(3)41-37(56)32(23(4)48)44-35(54)28(19-31(51)52)42-34(25)53/h11-14,21-23,25,28-30,32-33,48-49H,9-10,15-20H2,1-8H3,(H,41,56)(H,42,53)(H,43,55)(H,44,54)(H,45,57)(H,51,52)/t22-,23+,25+,28-,29-,30-,32-,33-/m0/s1. The highest BCUT2D eigenvalue weighted by Gasteiger charge is 2.44. The van der Waals surface area contributed by atoms with Crippen molar-refractivity contribution in [2.45, 2.75) is 135 Å². The summed E-state index contributed by atoms with van der Waals surface area (Å²) in [6, 6.07) is -1.73. The average molecular weight is 816 g/mol. The maximum absolute atomic E-state index is 14.3. The number of aliphatic hydroxyl groups is 1. The third kappa shape index (κ3) is 13.8. The van der Waals surface area contributed by atoms with Crippen LogP contribution in [0.3, 0.4) is 0 Å². The van der Waals surface area contributed by atoms with Crippen LogP contribution < -0.4 is 26.6 Å². The molecule has 2 aliphatic rings. The molecule has 0 bridgehead atoms. The lowest BCUT2D eigenvalue weighted by atomic mass is 9.91. The van der Waals surface area contributed by atoms with E-state index in [9.17, 15) is 53.7 Å². The van der Waals surface area contributed by atoms with E-state index in [0.717, 1.165) is 4.90 Å². The summed E-state index contributed by atoms with van der Waals surface area (Å²) in [5.41, 5.74) is -0.151. The maximum atomic E-state index is 14.3. The number of aliphatic hydroxyl groups excluding tert-OH is 1. The van der Waals surface area contributed by atoms with Crippen molar-refractivity contribution in [2.24, 2.45) is 11.8 Å². The number of carbonyl (C=O) groups excluding carboxylic acids is 7. The minimum absolute atomic E-state index is 0.00897. The third-order valence-corrected chi connectivity index (χ3v) is 10.0. The highest BCUT2D eigenvalue weighted by Crippen LogP contribution is 2.24. The van der Waals surface area contributed by atoms with Crippen molar-refractivity contribution in [1.82, 2.24) is 36.4 Å². The van der Waals surface area contributed by atoms with Gasteiger partial charge >= 0.3 is 5.97 Å². The quantitative estimate of drug-likeness (QED) is 0.167. The number of rotatable bonds is 8. The van der Waals surface area contributed by atoms with Gasteiger partial charge in [-0.3, -0.25) is 43.3 Å². The molecule has 0 spiro atoms. The molecule has 8 atom stereocenters. The molecule has 2 fully saturated rings. The summed E-state index contributed by atoms with van der Waals surface area (Å²) in [5.74, 6) is -7.71. The minimum atomic E-state index is -1.71. The van der Waals surface area contributed by atoms with Gasteiger partial charge in [-0.25, -0.2) is 0 Å². The molecule has 8 N–H and O–H groups in total. The number of phenolic OH excluding ortho intramolecular Hbond substituents is 1. The summed E-state index contributed by atoms with van der Waals surface area (Å²) < 4.78 is 0. The Morgan fingerprint density at radius 3 is 2.09 bits per heavy atom. The number of carbonyl (C=O) groups is 8. The molecule has 322 valence electrons. The van der Waals surface area contributed by atoms with E-state index in [2.05, 4.69) is 26.6 Å². The van der Waals surface area contributed by atoms with E-state index in [0.29, 0.717) is 12.0 Å². The van der Waals surface area contributed by atoms with Gasteiger partial charge in [0.2, 0.25) is 35.4 Å². The van der Waals surface area contributed by atoms with Crippen molar-refractivity contribution in [3.63, 3.8) is 0 Å². The van der Waals surface area contributed by atoms with E-state index in [1.54, 1.807) is 51.7 Å². The number of carboxylic acid groups (broad SMARTS) is 1. The molecule has 0 aliphatic carbocycles. The van der Waals surface area contributed by atoms with Crippen LogP contribution >= 0.6 is 0 Å². The molecule has 2 saturated heterocycles. The monoisotopic (exact) mass is 815 g/mol. The SMILES string of the molecule is CC(C)C[C@@H]1CC(=O)CN(C)C(=O)[C@H](Cc2ccc(O)cc2)NC(=O)[C@@H]2CCCN2[C@H](C(=O)NC(C)(C)C)[C@H](C)NC(=O)[C@H]([C@@H](C)O)NC(=O)[C@H](CC(=O)O)NC1=O. The molecule has 6 amide bonds. The molecule has 18 heteroatoms. The van der Waals surface area contributed by atoms with Crippen LogP contribution in [0.1, 0.15) is 86.1 Å². The highest BCUT2D eigenvalue weighted by molar-refractivity contribution is 5.97. The van der Waals surface area contributed by atoms with E-state index in [4.69, 9.17) is 0 Å². The lowest BCUT2D eigenvalue weighted by molar-refractivity contribution is -0.142. The lowest BCUT2D eigenvalue weighted by Gasteiger charge is -2.38. The first-order valence-electron chi connectivity index (χ1n) is 19.7. The Bertz CT molecular complexity index is 1680. The zero-order chi connectivity index (χ0) is 43.6. The molecule has 0 aromatic heterocycles. The minimum Gasteiger partial charge on any atom is -0.508 e. The van der Waals surface area contributed by atoms with Gasteiger partial charge in [0.15, 0.2) is 5.78 Å². The Hall–Kier alpha value is -5.10. The van der Waals surface area contributed by atoms with Gasteiger partial charge in [0.25, 0.3) is 0 Å². The van der Waals surface area contributed by atoms with E-state index in [-0.39, 0.29) is 43.9 Å². The second kappa shape index (κ2) is 20.5. The third-order valence-electron chi connectivity index (χ3n) is 10.0. The van der Waals surface area contributed by atoms with Crippen molar-refractivity contribution in [3.05, 3.63) is 29.8 Å². The first-order chi connectivity index (χ1) is 27.0. The summed E-state index contributed by atoms with van der Waals surface area (Å²) in [7, 11) is 1.38. The Balaban J connectivity index is 2.15. The van der Waals surface area contributed by atoms with Gasteiger partial charge in [-0.15, -0.1) is 0 Å². The number of Topliss-reactive ketones (excluding diaryl/α,β-unsaturated/α-hetero) is 1. The van der Waals surface area contributed by atoms with Gasteiger partial charge in [-0.1, -0.05) is 26.0 Å². The smallest absolute Gasteiger partial charge is 0.305 e. The Morgan fingerprint density at radius 1 is 0.897 bits per heavy atom. The van der Waals surface area contributed by atoms with Gasteiger partial charge < -0.3 is 46.8 Å². The molecule has 0 unspecified atom stereocenters. The normalized spacial score (nSPS) is 27.1. The zero-order valence-electron chi connectivity index (χ0n) is 34.7. The highest BCUT2D eigenvalue weighted by atomic mass is 16.4. The van der Waals surface area contributed by atoms with E-state index >= 15 is 0 Å². The van der Waals surface area contributed by atoms with Gasteiger partial charge in [0.1, 0.15) is 29.9 Å². The van der Waals surface area contributed by atoms with Crippen molar-refractivity contribution in [2.75, 3.05) is 20.1 Å². The second-order valence-corrected chi connectivity index (χ2v) is 17.0. The van der Waals surface area contributed by atoms with Gasteiger partial charge in [0.05, 0.1) is 31.2 Å². The Morgan fingerprint density at radius 2 is 1.52 bits per heavy atom. The molecule has 2 aliphatic heterocycles. The summed E-state index contributed by atoms with van der Waals surface area (Å²) >= 11 is 0. The first kappa shape index (κ1) is 47.3. The summed E-state index contributed by atoms with van der Waals surface area (Å²) in [6.45, 7) is 11.4. The number of nitrogens with zero attached hydrogens (tertiary/aromatic N) is 2. The number of amides is 6. The van der Waals surface area contributed by atoms with Crippen molar-refractivity contribution in [3.8, 4) is 5.75 Å². The Labute approximate surface area is 339 Å². The number of likely N-dealkylation sites (N-methyl/N-ethyl adjacent to an activating group) is 1. The summed E-state index contributed by atoms with van der Waals surface area (Å²) in [4.78, 5) is 112. The average Bonchev–Trinajstić information content (AvgIpc) is 3.57. The van der Waals surface area contributed by atoms with Gasteiger partial charge in [-0.05, 0) is 84.0 Å². The van der Waals surface area contributed by atoms with Crippen LogP contribution in [0, 0.1) is 11.8 Å². The molecular weight excluding hydrogens is 754 g/mol. The fraction of sp³-hybridized carbons (Fsp3) is 0.650. The molecule has 18 nitrogen and oxygen atoms in total. The molecule has 3 rings (SSSR count). The number of ketones is 1. The number of hydrogen-bond donors (Lipinski definition) is 8. The zero-order valence-corrected chi connectivity index (χ0v) is 34.7. The van der Waals surface area contributed by atoms with Crippen LogP contribution in [-0.4, -0.2) is 140 Å². The van der Waals surface area contributed by atoms with Crippen LogP contribution in [0.25, 0.3) is 0 Å². The predicted molar refractivity (Wildman–Crippen MR) is 211 cm³/mol. The molecule has 0 saturated carbocycles. The number of carboxylic acids is 1. The number of aliphatic carboxylic acids is 1. The van der Waals surface area contributed by atoms with E-state index in [1.165, 1.54) is 33.0 Å². The molecule has 1 aromatic rings. The van der Waals surface area contributed by atoms with Crippen molar-refractivity contribution >= 4 is 47.2 Å². The van der Waals surface area contributed by atoms with Crippen molar-refractivity contribution < 1.29 is 53.7 Å². The molecule has 0 radical (unpaired) electrons. The Kier molecular flexibility index (Phi) is 16.7. The van der Waals surface area contributed by atoms with Crippen LogP contribution in [0.4, 0.5) is 0 Å². The lowest BCUT2D eigenvalue weighted by Crippen LogP contribution is -2.65. The number of phenols is 1. The number of hydrogen-bond acceptors (Lipinski definition) is 11. The van der Waals surface area contributed by atoms with Crippen molar-refractivity contribution in [1.29, 1.82) is 0 Å². The largest absolute Gasteiger partial charge is 0.508 e. The number of benzene rings is 1. The fourth-order valence-electron chi connectivity index (χ4n) is 7.37. The fourth-order valence-corrected chi connectivity index (χ4v) is 7.37. The van der Waals surface area contributed by atoms with Crippen LogP contribution in [0.15, 0.2) is 24.3 Å². The predicted octanol–water partition coefficient (Wildman–Crippen LogP) is -0.409. The summed E-state index contributed by atoms with van der Waals surface area (Å²) in [6.07, 6.45) is -1.90. The molecular formula is C40H61N7O11. The molecule has 2 heterocycles. The number of nitrogens with one attached hydrogen (secondary N) is 5. The molecule has 58 heavy (non-hydrogen) atoms. The van der Waals surface area contributed by atoms with Crippen LogP contribution in [-0.2, 0) is 44.8 Å². The second-order valence-electron chi connectivity index (χ2n) is 17.0.